The number of hydrogen-bond acceptors (Lipinski definition) is 5. The van der Waals surface area contributed by atoms with Gasteiger partial charge in [0.2, 0.25) is 5.91 Å². The van der Waals surface area contributed by atoms with E-state index in [4.69, 9.17) is 4.42 Å². The number of furan rings is 1. The Morgan fingerprint density at radius 2 is 2.03 bits per heavy atom. The summed E-state index contributed by atoms with van der Waals surface area (Å²) in [5, 5.41) is 3.10. The Morgan fingerprint density at radius 1 is 1.23 bits per heavy atom. The van der Waals surface area contributed by atoms with Crippen LogP contribution in [-0.2, 0) is 34.0 Å². The molecule has 1 fully saturated rings. The van der Waals surface area contributed by atoms with Crippen molar-refractivity contribution in [3.8, 4) is 0 Å². The van der Waals surface area contributed by atoms with E-state index in [2.05, 4.69) is 23.5 Å². The molecular formula is C23H30N2O4S. The minimum absolute atomic E-state index is 0.0949. The molecule has 6 nitrogen and oxygen atoms in total. The van der Waals surface area contributed by atoms with Crippen molar-refractivity contribution in [2.24, 2.45) is 0 Å². The molecule has 1 aliphatic heterocycles. The first kappa shape index (κ1) is 21.1. The third-order valence-electron chi connectivity index (χ3n) is 6.26. The highest BCUT2D eigenvalue weighted by atomic mass is 32.2. The molecule has 1 aliphatic carbocycles. The van der Waals surface area contributed by atoms with E-state index in [1.54, 1.807) is 12.3 Å². The average molecular weight is 431 g/mol. The largest absolute Gasteiger partial charge is 0.468 e. The maximum atomic E-state index is 12.8. The highest BCUT2D eigenvalue weighted by molar-refractivity contribution is 7.91. The fourth-order valence-electron chi connectivity index (χ4n) is 4.56. The highest BCUT2D eigenvalue weighted by Crippen LogP contribution is 2.25. The van der Waals surface area contributed by atoms with E-state index in [1.807, 2.05) is 17.9 Å². The van der Waals surface area contributed by atoms with Crippen molar-refractivity contribution in [3.63, 3.8) is 0 Å². The Labute approximate surface area is 178 Å². The molecule has 0 spiro atoms. The van der Waals surface area contributed by atoms with Gasteiger partial charge in [-0.1, -0.05) is 18.2 Å². The predicted octanol–water partition coefficient (Wildman–Crippen LogP) is 3.02. The molecule has 2 aromatic rings. The molecule has 4 rings (SSSR count). The number of hydrogen-bond donors (Lipinski definition) is 1. The van der Waals surface area contributed by atoms with Gasteiger partial charge in [-0.3, -0.25) is 9.69 Å². The van der Waals surface area contributed by atoms with Crippen LogP contribution in [0.1, 0.15) is 54.7 Å². The lowest BCUT2D eigenvalue weighted by Gasteiger charge is -2.27. The lowest BCUT2D eigenvalue weighted by Crippen LogP contribution is -2.43. The summed E-state index contributed by atoms with van der Waals surface area (Å²) in [5.74, 6) is 0.909. The second-order valence-corrected chi connectivity index (χ2v) is 10.8. The minimum Gasteiger partial charge on any atom is -0.468 e. The average Bonchev–Trinajstić information content (AvgIpc) is 3.36. The van der Waals surface area contributed by atoms with E-state index in [0.717, 1.165) is 24.2 Å². The van der Waals surface area contributed by atoms with Crippen LogP contribution in [0.4, 0.5) is 0 Å². The zero-order valence-electron chi connectivity index (χ0n) is 17.5. The molecule has 0 saturated carbocycles. The molecule has 0 unspecified atom stereocenters. The lowest BCUT2D eigenvalue weighted by molar-refractivity contribution is -0.123. The van der Waals surface area contributed by atoms with Crippen molar-refractivity contribution < 1.29 is 17.6 Å². The van der Waals surface area contributed by atoms with Crippen LogP contribution in [0.25, 0.3) is 0 Å². The Bertz CT molecular complexity index is 985. The summed E-state index contributed by atoms with van der Waals surface area (Å²) in [6, 6.07) is 9.93. The summed E-state index contributed by atoms with van der Waals surface area (Å²) in [6.07, 6.45) is 6.87. The fourth-order valence-corrected chi connectivity index (χ4v) is 6.32. The molecule has 1 saturated heterocycles. The van der Waals surface area contributed by atoms with E-state index in [1.165, 1.54) is 24.0 Å². The maximum absolute atomic E-state index is 12.8. The van der Waals surface area contributed by atoms with E-state index in [0.29, 0.717) is 13.0 Å². The molecule has 1 amide bonds. The van der Waals surface area contributed by atoms with Crippen molar-refractivity contribution in [2.75, 3.05) is 18.1 Å². The monoisotopic (exact) mass is 430 g/mol. The number of benzene rings is 1. The second-order valence-electron chi connectivity index (χ2n) is 8.57. The predicted molar refractivity (Wildman–Crippen MR) is 116 cm³/mol. The van der Waals surface area contributed by atoms with Crippen LogP contribution in [0.2, 0.25) is 0 Å². The van der Waals surface area contributed by atoms with Gasteiger partial charge >= 0.3 is 0 Å². The zero-order chi connectivity index (χ0) is 21.1. The molecule has 2 atom stereocenters. The summed E-state index contributed by atoms with van der Waals surface area (Å²) in [5.41, 5.74) is 3.94. The minimum atomic E-state index is -3.03. The number of carbonyl (C=O) groups excluding carboxylic acids is 1. The van der Waals surface area contributed by atoms with Crippen LogP contribution in [0.3, 0.4) is 0 Å². The van der Waals surface area contributed by atoms with Gasteiger partial charge in [-0.2, -0.15) is 0 Å². The van der Waals surface area contributed by atoms with E-state index >= 15 is 0 Å². The molecule has 2 aliphatic rings. The van der Waals surface area contributed by atoms with Gasteiger partial charge < -0.3 is 9.73 Å². The van der Waals surface area contributed by atoms with Gasteiger partial charge in [0, 0.05) is 6.04 Å². The topological polar surface area (TPSA) is 79.6 Å². The molecule has 1 aromatic carbocycles. The Morgan fingerprint density at radius 3 is 2.73 bits per heavy atom. The van der Waals surface area contributed by atoms with Crippen LogP contribution in [0.5, 0.6) is 0 Å². The van der Waals surface area contributed by atoms with Gasteiger partial charge in [0.05, 0.1) is 36.9 Å². The molecule has 0 radical (unpaired) electrons. The van der Waals surface area contributed by atoms with Crippen LogP contribution < -0.4 is 5.32 Å². The summed E-state index contributed by atoms with van der Waals surface area (Å²) < 4.78 is 29.4. The number of fused-ring (bicyclic) bond motifs is 1. The summed E-state index contributed by atoms with van der Waals surface area (Å²) in [7, 11) is -3.03. The number of aryl methyl sites for hydroxylation is 2. The lowest BCUT2D eigenvalue weighted by atomic mass is 9.89. The molecule has 30 heavy (non-hydrogen) atoms. The van der Waals surface area contributed by atoms with Crippen molar-refractivity contribution in [1.82, 2.24) is 10.2 Å². The standard InChI is InChI=1S/C23H30N2O4S/c1-17(19-9-8-18-5-2-3-6-20(18)13-19)24-23(26)15-25(14-22-7-4-11-29-22)21-10-12-30(27,28)16-21/h4,7-9,11,13,17,21H,2-3,5-6,10,12,14-16H2,1H3,(H,24,26)/t17-,21+/m1/s1. The number of sulfone groups is 1. The Balaban J connectivity index is 1.41. The first-order valence-electron chi connectivity index (χ1n) is 10.8. The van der Waals surface area contributed by atoms with Crippen LogP contribution in [0.15, 0.2) is 41.0 Å². The summed E-state index contributed by atoms with van der Waals surface area (Å²) in [6.45, 7) is 2.57. The van der Waals surface area contributed by atoms with Gasteiger partial charge in [-0.05, 0) is 67.9 Å². The second kappa shape index (κ2) is 8.94. The van der Waals surface area contributed by atoms with Crippen LogP contribution in [0, 0.1) is 0 Å². The molecule has 1 N–H and O–H groups in total. The SMILES string of the molecule is C[C@@H](NC(=O)CN(Cc1ccco1)[C@H]1CCS(=O)(=O)C1)c1ccc2c(c1)CCCC2. The van der Waals surface area contributed by atoms with E-state index in [-0.39, 0.29) is 36.0 Å². The molecule has 2 heterocycles. The maximum Gasteiger partial charge on any atom is 0.234 e. The van der Waals surface area contributed by atoms with Gasteiger partial charge in [-0.25, -0.2) is 8.42 Å². The van der Waals surface area contributed by atoms with Crippen LogP contribution in [-0.4, -0.2) is 43.3 Å². The summed E-state index contributed by atoms with van der Waals surface area (Å²) in [4.78, 5) is 14.8. The van der Waals surface area contributed by atoms with Crippen molar-refractivity contribution >= 4 is 15.7 Å². The highest BCUT2D eigenvalue weighted by Gasteiger charge is 2.33. The van der Waals surface area contributed by atoms with Crippen LogP contribution >= 0.6 is 0 Å². The van der Waals surface area contributed by atoms with Gasteiger partial charge in [-0.15, -0.1) is 0 Å². The van der Waals surface area contributed by atoms with E-state index < -0.39 is 9.84 Å². The van der Waals surface area contributed by atoms with Crippen molar-refractivity contribution in [2.45, 2.75) is 57.7 Å². The molecule has 0 bridgehead atoms. The Kier molecular flexibility index (Phi) is 6.29. The number of amides is 1. The summed E-state index contributed by atoms with van der Waals surface area (Å²) >= 11 is 0. The van der Waals surface area contributed by atoms with E-state index in [9.17, 15) is 13.2 Å². The molecule has 7 heteroatoms. The fraction of sp³-hybridized carbons (Fsp3) is 0.522. The van der Waals surface area contributed by atoms with Gasteiger partial charge in [0.1, 0.15) is 5.76 Å². The number of rotatable bonds is 7. The molecular weight excluding hydrogens is 400 g/mol. The van der Waals surface area contributed by atoms with Crippen molar-refractivity contribution in [3.05, 3.63) is 59.0 Å². The van der Waals surface area contributed by atoms with Gasteiger partial charge in [0.15, 0.2) is 9.84 Å². The Hall–Kier alpha value is -2.12. The zero-order valence-corrected chi connectivity index (χ0v) is 18.3. The smallest absolute Gasteiger partial charge is 0.234 e. The number of nitrogens with zero attached hydrogens (tertiary/aromatic N) is 1. The quantitative estimate of drug-likeness (QED) is 0.730. The normalized spacial score (nSPS) is 21.3. The third kappa shape index (κ3) is 5.13. The first-order valence-corrected chi connectivity index (χ1v) is 12.6. The first-order chi connectivity index (χ1) is 14.4. The number of nitrogens with one attached hydrogen (secondary N) is 1. The number of carbonyl (C=O) groups is 1. The third-order valence-corrected chi connectivity index (χ3v) is 8.01. The molecule has 162 valence electrons. The molecule has 1 aromatic heterocycles. The van der Waals surface area contributed by atoms with Gasteiger partial charge in [0.25, 0.3) is 0 Å². The van der Waals surface area contributed by atoms with Crippen molar-refractivity contribution in [1.29, 1.82) is 0 Å².